The molecule has 2 unspecified atom stereocenters. The van der Waals surface area contributed by atoms with E-state index in [1.807, 2.05) is 0 Å². The number of aliphatic carboxylic acids is 1. The van der Waals surface area contributed by atoms with Crippen LogP contribution in [0.3, 0.4) is 0 Å². The van der Waals surface area contributed by atoms with E-state index in [0.717, 1.165) is 0 Å². The highest BCUT2D eigenvalue weighted by Crippen LogP contribution is 2.24. The van der Waals surface area contributed by atoms with Crippen LogP contribution in [0, 0.1) is 0 Å². The summed E-state index contributed by atoms with van der Waals surface area (Å²) in [6.07, 6.45) is -0.576. The van der Waals surface area contributed by atoms with Crippen LogP contribution in [-0.2, 0) is 9.59 Å². The fraction of sp³-hybridized carbons (Fsp3) is 0.429. The average Bonchev–Trinajstić information content (AvgIpc) is 2.40. The van der Waals surface area contributed by atoms with Gasteiger partial charge in [-0.3, -0.25) is 4.79 Å². The second kappa shape index (κ2) is 6.61. The van der Waals surface area contributed by atoms with Gasteiger partial charge in [0.2, 0.25) is 0 Å². The first-order valence-electron chi connectivity index (χ1n) is 6.26. The summed E-state index contributed by atoms with van der Waals surface area (Å²) >= 11 is 5.93. The van der Waals surface area contributed by atoms with Gasteiger partial charge in [-0.1, -0.05) is 30.7 Å². The smallest absolute Gasteiger partial charge is 0.329 e. The minimum atomic E-state index is -1.31. The Labute approximate surface area is 122 Å². The number of nitrogens with one attached hydrogen (secondary N) is 1. The molecule has 0 saturated heterocycles. The molecule has 0 aliphatic heterocycles. The molecule has 1 aromatic carbocycles. The van der Waals surface area contributed by atoms with Gasteiger partial charge in [-0.05, 0) is 32.4 Å². The Balaban J connectivity index is 2.73. The molecule has 0 spiro atoms. The molecule has 0 aromatic heterocycles. The van der Waals surface area contributed by atoms with E-state index in [1.165, 1.54) is 13.8 Å². The van der Waals surface area contributed by atoms with Crippen LogP contribution >= 0.6 is 11.6 Å². The average molecular weight is 300 g/mol. The molecule has 6 heteroatoms. The zero-order valence-corrected chi connectivity index (χ0v) is 12.4. The van der Waals surface area contributed by atoms with Crippen molar-refractivity contribution in [2.24, 2.45) is 0 Å². The van der Waals surface area contributed by atoms with E-state index in [0.29, 0.717) is 10.8 Å². The lowest BCUT2D eigenvalue weighted by molar-refractivity contribution is -0.148. The summed E-state index contributed by atoms with van der Waals surface area (Å²) in [6, 6.07) is 6.77. The van der Waals surface area contributed by atoms with Crippen LogP contribution in [0.4, 0.5) is 0 Å². The molecule has 1 amide bonds. The molecule has 2 atom stereocenters. The molecule has 0 bridgehead atoms. The van der Waals surface area contributed by atoms with Crippen LogP contribution in [0.25, 0.3) is 0 Å². The van der Waals surface area contributed by atoms with Gasteiger partial charge in [0.15, 0.2) is 6.10 Å². The zero-order chi connectivity index (χ0) is 15.3. The van der Waals surface area contributed by atoms with E-state index < -0.39 is 23.5 Å². The number of carbonyl (C=O) groups is 2. The summed E-state index contributed by atoms with van der Waals surface area (Å²) in [5, 5.41) is 12.0. The molecule has 0 saturated carbocycles. The highest BCUT2D eigenvalue weighted by atomic mass is 35.5. The molecule has 110 valence electrons. The molecule has 0 heterocycles. The van der Waals surface area contributed by atoms with Crippen molar-refractivity contribution in [3.63, 3.8) is 0 Å². The first-order valence-corrected chi connectivity index (χ1v) is 6.64. The second-order valence-corrected chi connectivity index (χ2v) is 5.08. The summed E-state index contributed by atoms with van der Waals surface area (Å²) in [5.74, 6) is -1.21. The highest BCUT2D eigenvalue weighted by molar-refractivity contribution is 6.32. The van der Waals surface area contributed by atoms with E-state index in [-0.39, 0.29) is 6.42 Å². The lowest BCUT2D eigenvalue weighted by Crippen LogP contribution is -2.54. The van der Waals surface area contributed by atoms with Gasteiger partial charge >= 0.3 is 5.97 Å². The number of halogens is 1. The number of para-hydroxylation sites is 1. The zero-order valence-electron chi connectivity index (χ0n) is 11.6. The molecular formula is C14H18ClNO4. The standard InChI is InChI=1S/C14H18ClNO4/c1-4-14(3,13(18)19)16-12(17)9(2)20-11-8-6-5-7-10(11)15/h5-9H,4H2,1-3H3,(H,16,17)(H,18,19). The Morgan fingerprint density at radius 3 is 2.55 bits per heavy atom. The van der Waals surface area contributed by atoms with Crippen LogP contribution in [0.1, 0.15) is 27.2 Å². The number of carboxylic acids is 1. The predicted octanol–water partition coefficient (Wildman–Crippen LogP) is 2.48. The molecule has 1 rings (SSSR count). The third kappa shape index (κ3) is 3.87. The van der Waals surface area contributed by atoms with E-state index in [2.05, 4.69) is 5.32 Å². The Bertz CT molecular complexity index is 506. The van der Waals surface area contributed by atoms with Crippen molar-refractivity contribution < 1.29 is 19.4 Å². The molecule has 0 aliphatic carbocycles. The number of hydrogen-bond donors (Lipinski definition) is 2. The van der Waals surface area contributed by atoms with E-state index >= 15 is 0 Å². The first-order chi connectivity index (χ1) is 9.30. The minimum Gasteiger partial charge on any atom is -0.480 e. The maximum Gasteiger partial charge on any atom is 0.329 e. The number of hydrogen-bond acceptors (Lipinski definition) is 3. The van der Waals surface area contributed by atoms with Gasteiger partial charge in [-0.15, -0.1) is 0 Å². The van der Waals surface area contributed by atoms with Crippen molar-refractivity contribution in [3.8, 4) is 5.75 Å². The molecule has 2 N–H and O–H groups in total. The van der Waals surface area contributed by atoms with Gasteiger partial charge in [-0.25, -0.2) is 4.79 Å². The van der Waals surface area contributed by atoms with Crippen molar-refractivity contribution >= 4 is 23.5 Å². The van der Waals surface area contributed by atoms with Crippen molar-refractivity contribution in [1.29, 1.82) is 0 Å². The number of carboxylic acid groups (broad SMARTS) is 1. The van der Waals surface area contributed by atoms with E-state index in [9.17, 15) is 9.59 Å². The largest absolute Gasteiger partial charge is 0.480 e. The molecule has 0 radical (unpaired) electrons. The fourth-order valence-corrected chi connectivity index (χ4v) is 1.63. The van der Waals surface area contributed by atoms with E-state index in [1.54, 1.807) is 31.2 Å². The Morgan fingerprint density at radius 2 is 2.05 bits per heavy atom. The quantitative estimate of drug-likeness (QED) is 0.846. The molecule has 20 heavy (non-hydrogen) atoms. The summed E-state index contributed by atoms with van der Waals surface area (Å²) in [7, 11) is 0. The number of ether oxygens (including phenoxy) is 1. The van der Waals surface area contributed by atoms with Crippen LogP contribution in [0.2, 0.25) is 5.02 Å². The molecule has 5 nitrogen and oxygen atoms in total. The fourth-order valence-electron chi connectivity index (χ4n) is 1.45. The van der Waals surface area contributed by atoms with Crippen LogP contribution in [-0.4, -0.2) is 28.6 Å². The molecular weight excluding hydrogens is 282 g/mol. The minimum absolute atomic E-state index is 0.271. The van der Waals surface area contributed by atoms with Crippen molar-refractivity contribution in [3.05, 3.63) is 29.3 Å². The Hall–Kier alpha value is -1.75. The van der Waals surface area contributed by atoms with Crippen molar-refractivity contribution in [2.45, 2.75) is 38.8 Å². The highest BCUT2D eigenvalue weighted by Gasteiger charge is 2.34. The third-order valence-electron chi connectivity index (χ3n) is 3.09. The first kappa shape index (κ1) is 16.3. The maximum absolute atomic E-state index is 12.0. The number of rotatable bonds is 6. The van der Waals surface area contributed by atoms with Gasteiger partial charge in [-0.2, -0.15) is 0 Å². The summed E-state index contributed by atoms with van der Waals surface area (Å²) < 4.78 is 5.44. The van der Waals surface area contributed by atoms with Gasteiger partial charge in [0.05, 0.1) is 5.02 Å². The number of benzene rings is 1. The Morgan fingerprint density at radius 1 is 1.45 bits per heavy atom. The van der Waals surface area contributed by atoms with Crippen molar-refractivity contribution in [1.82, 2.24) is 5.32 Å². The predicted molar refractivity (Wildman–Crippen MR) is 76.0 cm³/mol. The van der Waals surface area contributed by atoms with Gasteiger partial charge in [0.1, 0.15) is 11.3 Å². The number of amides is 1. The summed E-state index contributed by atoms with van der Waals surface area (Å²) in [6.45, 7) is 4.68. The molecule has 0 aliphatic rings. The topological polar surface area (TPSA) is 75.6 Å². The number of carbonyl (C=O) groups excluding carboxylic acids is 1. The SMILES string of the molecule is CCC(C)(NC(=O)C(C)Oc1ccccc1Cl)C(=O)O. The third-order valence-corrected chi connectivity index (χ3v) is 3.40. The summed E-state index contributed by atoms with van der Waals surface area (Å²) in [4.78, 5) is 23.1. The van der Waals surface area contributed by atoms with E-state index in [4.69, 9.17) is 21.4 Å². The van der Waals surface area contributed by atoms with Crippen LogP contribution in [0.15, 0.2) is 24.3 Å². The lowest BCUT2D eigenvalue weighted by atomic mass is 9.99. The van der Waals surface area contributed by atoms with Crippen LogP contribution in [0.5, 0.6) is 5.75 Å². The monoisotopic (exact) mass is 299 g/mol. The summed E-state index contributed by atoms with van der Waals surface area (Å²) in [5.41, 5.74) is -1.31. The second-order valence-electron chi connectivity index (χ2n) is 4.67. The maximum atomic E-state index is 12.0. The Kier molecular flexibility index (Phi) is 5.39. The molecule has 1 aromatic rings. The normalized spacial score (nSPS) is 15.0. The van der Waals surface area contributed by atoms with Gasteiger partial charge < -0.3 is 15.2 Å². The lowest BCUT2D eigenvalue weighted by Gasteiger charge is -2.26. The van der Waals surface area contributed by atoms with Gasteiger partial charge in [0, 0.05) is 0 Å². The van der Waals surface area contributed by atoms with Crippen molar-refractivity contribution in [2.75, 3.05) is 0 Å². The van der Waals surface area contributed by atoms with Gasteiger partial charge in [0.25, 0.3) is 5.91 Å². The molecule has 0 fully saturated rings. The van der Waals surface area contributed by atoms with Crippen LogP contribution < -0.4 is 10.1 Å².